The Morgan fingerprint density at radius 2 is 2.30 bits per heavy atom. The molecule has 3 nitrogen and oxygen atoms in total. The number of nitrogens with one attached hydrogen (secondary N) is 1. The van der Waals surface area contributed by atoms with E-state index in [4.69, 9.17) is 0 Å². The van der Waals surface area contributed by atoms with Gasteiger partial charge in [-0.1, -0.05) is 6.42 Å². The van der Waals surface area contributed by atoms with Gasteiger partial charge in [0.25, 0.3) is 0 Å². The average Bonchev–Trinajstić information content (AvgIpc) is 1.94. The first-order valence-corrected chi connectivity index (χ1v) is 3.57. The van der Waals surface area contributed by atoms with E-state index >= 15 is 0 Å². The summed E-state index contributed by atoms with van der Waals surface area (Å²) in [5.41, 5.74) is 0. The van der Waals surface area contributed by atoms with Gasteiger partial charge in [0.2, 0.25) is 6.41 Å². The predicted molar refractivity (Wildman–Crippen MR) is 36.5 cm³/mol. The van der Waals surface area contributed by atoms with Crippen molar-refractivity contribution >= 4 is 12.2 Å². The molecule has 1 N–H and O–H groups in total. The van der Waals surface area contributed by atoms with Crippen molar-refractivity contribution in [1.82, 2.24) is 5.32 Å². The van der Waals surface area contributed by atoms with Crippen LogP contribution in [0.4, 0.5) is 0 Å². The molecule has 0 saturated heterocycles. The van der Waals surface area contributed by atoms with E-state index in [0.29, 0.717) is 12.8 Å². The van der Waals surface area contributed by atoms with Gasteiger partial charge >= 0.3 is 0 Å². The summed E-state index contributed by atoms with van der Waals surface area (Å²) in [5, 5.41) is 2.50. The van der Waals surface area contributed by atoms with Gasteiger partial charge in [-0.15, -0.1) is 0 Å². The third-order valence-corrected chi connectivity index (χ3v) is 1.82. The fraction of sp³-hybridized carbons (Fsp3) is 0.714. The molecule has 1 aliphatic rings. The van der Waals surface area contributed by atoms with Crippen LogP contribution in [-0.2, 0) is 9.59 Å². The predicted octanol–water partition coefficient (Wildman–Crippen LogP) is 0.244. The van der Waals surface area contributed by atoms with Crippen molar-refractivity contribution in [3.63, 3.8) is 0 Å². The third-order valence-electron chi connectivity index (χ3n) is 1.82. The lowest BCUT2D eigenvalue weighted by Gasteiger charge is -2.18. The summed E-state index contributed by atoms with van der Waals surface area (Å²) in [6.07, 6.45) is 4.09. The van der Waals surface area contributed by atoms with Crippen LogP contribution >= 0.6 is 0 Å². The number of Topliss-reactive ketones (excluding diaryl/α,β-unsaturated/α-hetero) is 1. The van der Waals surface area contributed by atoms with Crippen molar-refractivity contribution in [1.29, 1.82) is 0 Å². The molecule has 0 aromatic heterocycles. The zero-order chi connectivity index (χ0) is 7.40. The Morgan fingerprint density at radius 1 is 1.50 bits per heavy atom. The number of hydrogen-bond donors (Lipinski definition) is 1. The summed E-state index contributed by atoms with van der Waals surface area (Å²) in [6.45, 7) is 0. The van der Waals surface area contributed by atoms with E-state index in [1.807, 2.05) is 0 Å². The summed E-state index contributed by atoms with van der Waals surface area (Å²) in [5.74, 6) is 0.179. The zero-order valence-electron chi connectivity index (χ0n) is 5.80. The van der Waals surface area contributed by atoms with E-state index in [1.54, 1.807) is 0 Å². The first-order chi connectivity index (χ1) is 4.84. The molecule has 0 unspecified atom stereocenters. The van der Waals surface area contributed by atoms with E-state index < -0.39 is 0 Å². The van der Waals surface area contributed by atoms with Crippen LogP contribution in [0.25, 0.3) is 0 Å². The number of carbonyl (C=O) groups excluding carboxylic acids is 2. The fourth-order valence-electron chi connectivity index (χ4n) is 1.24. The maximum absolute atomic E-state index is 11.0. The van der Waals surface area contributed by atoms with Crippen molar-refractivity contribution in [2.45, 2.75) is 31.7 Å². The molecule has 0 spiro atoms. The number of hydrogen-bond acceptors (Lipinski definition) is 2. The van der Waals surface area contributed by atoms with Crippen LogP contribution in [0.1, 0.15) is 25.7 Å². The van der Waals surface area contributed by atoms with Crippen molar-refractivity contribution < 1.29 is 9.59 Å². The second-order valence-electron chi connectivity index (χ2n) is 2.55. The van der Waals surface area contributed by atoms with Crippen molar-refractivity contribution in [3.05, 3.63) is 0 Å². The van der Waals surface area contributed by atoms with Gasteiger partial charge in [-0.3, -0.25) is 9.59 Å². The highest BCUT2D eigenvalue weighted by Gasteiger charge is 2.20. The second kappa shape index (κ2) is 3.34. The summed E-state index contributed by atoms with van der Waals surface area (Å²) in [7, 11) is 0. The first kappa shape index (κ1) is 7.25. The minimum atomic E-state index is -0.189. The normalized spacial score (nSPS) is 26.0. The smallest absolute Gasteiger partial charge is 0.207 e. The molecule has 1 rings (SSSR count). The Hall–Kier alpha value is -0.860. The number of ketones is 1. The molecular formula is C7H11NO2. The lowest BCUT2D eigenvalue weighted by atomic mass is 9.94. The van der Waals surface area contributed by atoms with E-state index in [2.05, 4.69) is 5.32 Å². The lowest BCUT2D eigenvalue weighted by Crippen LogP contribution is -2.37. The Bertz CT molecular complexity index is 145. The van der Waals surface area contributed by atoms with Gasteiger partial charge in [-0.05, 0) is 12.8 Å². The molecule has 3 heteroatoms. The highest BCUT2D eigenvalue weighted by molar-refractivity contribution is 5.86. The number of rotatable bonds is 2. The minimum Gasteiger partial charge on any atom is -0.349 e. The molecule has 0 aliphatic heterocycles. The quantitative estimate of drug-likeness (QED) is 0.560. The standard InChI is InChI=1S/C7H11NO2/c9-5-8-6-3-1-2-4-7(6)10/h5-6H,1-4H2,(H,8,9)/t6-/m0/s1. The van der Waals surface area contributed by atoms with Crippen LogP contribution in [0.5, 0.6) is 0 Å². The van der Waals surface area contributed by atoms with Gasteiger partial charge in [0.15, 0.2) is 5.78 Å². The molecule has 1 aliphatic carbocycles. The Labute approximate surface area is 59.8 Å². The molecule has 1 atom stereocenters. The highest BCUT2D eigenvalue weighted by atomic mass is 16.1. The molecule has 0 bridgehead atoms. The Kier molecular flexibility index (Phi) is 2.42. The van der Waals surface area contributed by atoms with E-state index in [-0.39, 0.29) is 11.8 Å². The molecule has 0 heterocycles. The van der Waals surface area contributed by atoms with Crippen molar-refractivity contribution in [2.75, 3.05) is 0 Å². The van der Waals surface area contributed by atoms with Crippen molar-refractivity contribution in [3.8, 4) is 0 Å². The Balaban J connectivity index is 2.39. The molecule has 0 radical (unpaired) electrons. The van der Waals surface area contributed by atoms with Crippen molar-refractivity contribution in [2.24, 2.45) is 0 Å². The van der Waals surface area contributed by atoms with Gasteiger partial charge in [-0.2, -0.15) is 0 Å². The molecule has 10 heavy (non-hydrogen) atoms. The fourth-order valence-corrected chi connectivity index (χ4v) is 1.24. The molecule has 0 aromatic carbocycles. The molecule has 1 fully saturated rings. The molecular weight excluding hydrogens is 130 g/mol. The summed E-state index contributed by atoms with van der Waals surface area (Å²) in [4.78, 5) is 20.9. The summed E-state index contributed by atoms with van der Waals surface area (Å²) < 4.78 is 0. The maximum Gasteiger partial charge on any atom is 0.207 e. The van der Waals surface area contributed by atoms with E-state index in [1.165, 1.54) is 0 Å². The second-order valence-corrected chi connectivity index (χ2v) is 2.55. The van der Waals surface area contributed by atoms with Crippen LogP contribution in [0.2, 0.25) is 0 Å². The van der Waals surface area contributed by atoms with Crippen LogP contribution in [0.3, 0.4) is 0 Å². The van der Waals surface area contributed by atoms with Crippen LogP contribution in [0, 0.1) is 0 Å². The average molecular weight is 141 g/mol. The lowest BCUT2D eigenvalue weighted by molar-refractivity contribution is -0.124. The zero-order valence-corrected chi connectivity index (χ0v) is 5.80. The monoisotopic (exact) mass is 141 g/mol. The summed E-state index contributed by atoms with van der Waals surface area (Å²) in [6, 6.07) is -0.189. The number of amides is 1. The molecule has 56 valence electrons. The van der Waals surface area contributed by atoms with Gasteiger partial charge in [0.1, 0.15) is 0 Å². The summed E-state index contributed by atoms with van der Waals surface area (Å²) >= 11 is 0. The first-order valence-electron chi connectivity index (χ1n) is 3.57. The number of carbonyl (C=O) groups is 2. The van der Waals surface area contributed by atoms with Crippen LogP contribution in [0.15, 0.2) is 0 Å². The highest BCUT2D eigenvalue weighted by Crippen LogP contribution is 2.13. The van der Waals surface area contributed by atoms with Gasteiger partial charge in [0, 0.05) is 6.42 Å². The maximum atomic E-state index is 11.0. The van der Waals surface area contributed by atoms with Crippen LogP contribution < -0.4 is 5.32 Å². The van der Waals surface area contributed by atoms with E-state index in [9.17, 15) is 9.59 Å². The minimum absolute atomic E-state index is 0.179. The molecule has 0 aromatic rings. The van der Waals surface area contributed by atoms with Gasteiger partial charge < -0.3 is 5.32 Å². The molecule has 1 amide bonds. The third kappa shape index (κ3) is 1.56. The van der Waals surface area contributed by atoms with Gasteiger partial charge in [-0.25, -0.2) is 0 Å². The van der Waals surface area contributed by atoms with Crippen LogP contribution in [-0.4, -0.2) is 18.2 Å². The topological polar surface area (TPSA) is 46.2 Å². The Morgan fingerprint density at radius 3 is 2.90 bits per heavy atom. The SMILES string of the molecule is O=CN[C@H]1CCCCC1=O. The van der Waals surface area contributed by atoms with Gasteiger partial charge in [0.05, 0.1) is 6.04 Å². The van der Waals surface area contributed by atoms with E-state index in [0.717, 1.165) is 19.3 Å². The molecule has 1 saturated carbocycles. The largest absolute Gasteiger partial charge is 0.349 e.